The van der Waals surface area contributed by atoms with Gasteiger partial charge < -0.3 is 14.2 Å². The molecule has 3 atom stereocenters. The molecule has 1 saturated heterocycles. The molecule has 1 N–H and O–H groups in total. The maximum absolute atomic E-state index is 12.6. The molecule has 0 spiro atoms. The standard InChI is InChI=1S/C15H21NO5S/c1-19-13-4-2-3-5-15(13)22(17,18)16-11-6-7-12-14(10-11)21-9-8-20-12/h2-5,11-12,14,16H,6-10H2,1H3. The average Bonchev–Trinajstić information content (AvgIpc) is 2.54. The van der Waals surface area contributed by atoms with Gasteiger partial charge in [-0.05, 0) is 31.4 Å². The van der Waals surface area contributed by atoms with Crippen LogP contribution in [0.2, 0.25) is 0 Å². The Labute approximate surface area is 130 Å². The van der Waals surface area contributed by atoms with Gasteiger partial charge in [-0.2, -0.15) is 0 Å². The Bertz CT molecular complexity index is 618. The Morgan fingerprint density at radius 1 is 1.14 bits per heavy atom. The van der Waals surface area contributed by atoms with Crippen molar-refractivity contribution in [1.82, 2.24) is 4.72 Å². The van der Waals surface area contributed by atoms with Crippen molar-refractivity contribution in [3.8, 4) is 5.75 Å². The summed E-state index contributed by atoms with van der Waals surface area (Å²) in [6.45, 7) is 1.20. The van der Waals surface area contributed by atoms with Gasteiger partial charge in [-0.1, -0.05) is 12.1 Å². The second-order valence-corrected chi connectivity index (χ2v) is 7.28. The Balaban J connectivity index is 1.72. The molecule has 0 radical (unpaired) electrons. The highest BCUT2D eigenvalue weighted by Crippen LogP contribution is 2.29. The third-order valence-electron chi connectivity index (χ3n) is 4.16. The first-order valence-corrected chi connectivity index (χ1v) is 8.97. The second-order valence-electron chi connectivity index (χ2n) is 5.60. The van der Waals surface area contributed by atoms with Crippen molar-refractivity contribution in [1.29, 1.82) is 0 Å². The molecule has 1 aromatic carbocycles. The highest BCUT2D eigenvalue weighted by Gasteiger charge is 2.36. The van der Waals surface area contributed by atoms with Gasteiger partial charge in [0.1, 0.15) is 10.6 Å². The summed E-state index contributed by atoms with van der Waals surface area (Å²) in [5.74, 6) is 0.348. The summed E-state index contributed by atoms with van der Waals surface area (Å²) < 4.78 is 44.4. The van der Waals surface area contributed by atoms with Gasteiger partial charge in [0.15, 0.2) is 0 Å². The van der Waals surface area contributed by atoms with Gasteiger partial charge in [-0.25, -0.2) is 13.1 Å². The van der Waals surface area contributed by atoms with E-state index >= 15 is 0 Å². The van der Waals surface area contributed by atoms with Gasteiger partial charge in [0.2, 0.25) is 10.0 Å². The third kappa shape index (κ3) is 3.27. The zero-order chi connectivity index (χ0) is 15.6. The van der Waals surface area contributed by atoms with Crippen LogP contribution in [0, 0.1) is 0 Å². The minimum Gasteiger partial charge on any atom is -0.495 e. The number of para-hydroxylation sites is 1. The molecule has 1 saturated carbocycles. The van der Waals surface area contributed by atoms with Gasteiger partial charge in [-0.15, -0.1) is 0 Å². The number of benzene rings is 1. The van der Waals surface area contributed by atoms with Gasteiger partial charge >= 0.3 is 0 Å². The van der Waals surface area contributed by atoms with Gasteiger partial charge in [-0.3, -0.25) is 0 Å². The van der Waals surface area contributed by atoms with Crippen LogP contribution in [0.4, 0.5) is 0 Å². The van der Waals surface area contributed by atoms with Crippen molar-refractivity contribution in [2.75, 3.05) is 20.3 Å². The van der Waals surface area contributed by atoms with Crippen LogP contribution < -0.4 is 9.46 Å². The predicted molar refractivity (Wildman–Crippen MR) is 80.4 cm³/mol. The van der Waals surface area contributed by atoms with Crippen molar-refractivity contribution in [3.63, 3.8) is 0 Å². The van der Waals surface area contributed by atoms with Crippen LogP contribution in [0.1, 0.15) is 19.3 Å². The minimum absolute atomic E-state index is 0.0205. The third-order valence-corrected chi connectivity index (χ3v) is 5.72. The number of methoxy groups -OCH3 is 1. The number of nitrogens with one attached hydrogen (secondary N) is 1. The summed E-state index contributed by atoms with van der Waals surface area (Å²) in [7, 11) is -2.15. The van der Waals surface area contributed by atoms with Crippen LogP contribution in [0.15, 0.2) is 29.2 Å². The molecule has 2 fully saturated rings. The van der Waals surface area contributed by atoms with E-state index < -0.39 is 10.0 Å². The lowest BCUT2D eigenvalue weighted by atomic mass is 9.90. The lowest BCUT2D eigenvalue weighted by Gasteiger charge is -2.38. The molecule has 3 unspecified atom stereocenters. The quantitative estimate of drug-likeness (QED) is 0.902. The number of ether oxygens (including phenoxy) is 3. The highest BCUT2D eigenvalue weighted by atomic mass is 32.2. The van der Waals surface area contributed by atoms with Crippen LogP contribution in [-0.4, -0.2) is 47.0 Å². The lowest BCUT2D eigenvalue weighted by molar-refractivity contribution is -0.156. The van der Waals surface area contributed by atoms with E-state index in [-0.39, 0.29) is 23.1 Å². The average molecular weight is 327 g/mol. The monoisotopic (exact) mass is 327 g/mol. The van der Waals surface area contributed by atoms with Gasteiger partial charge in [0, 0.05) is 6.04 Å². The number of rotatable bonds is 4. The normalized spacial score (nSPS) is 28.9. The molecular weight excluding hydrogens is 306 g/mol. The fraction of sp³-hybridized carbons (Fsp3) is 0.600. The van der Waals surface area contributed by atoms with Crippen molar-refractivity contribution in [2.24, 2.45) is 0 Å². The molecule has 1 aliphatic carbocycles. The number of sulfonamides is 1. The molecule has 0 amide bonds. The fourth-order valence-electron chi connectivity index (χ4n) is 3.10. The van der Waals surface area contributed by atoms with Crippen molar-refractivity contribution >= 4 is 10.0 Å². The first kappa shape index (κ1) is 15.7. The van der Waals surface area contributed by atoms with Crippen LogP contribution in [0.5, 0.6) is 5.75 Å². The molecule has 0 bridgehead atoms. The molecular formula is C15H21NO5S. The summed E-state index contributed by atoms with van der Waals surface area (Å²) in [6, 6.07) is 6.48. The molecule has 6 nitrogen and oxygen atoms in total. The molecule has 122 valence electrons. The summed E-state index contributed by atoms with van der Waals surface area (Å²) >= 11 is 0. The Morgan fingerprint density at radius 3 is 2.64 bits per heavy atom. The zero-order valence-corrected chi connectivity index (χ0v) is 13.3. The molecule has 1 aromatic rings. The zero-order valence-electron chi connectivity index (χ0n) is 12.5. The highest BCUT2D eigenvalue weighted by molar-refractivity contribution is 7.89. The number of hydrogen-bond acceptors (Lipinski definition) is 5. The molecule has 1 heterocycles. The Morgan fingerprint density at radius 2 is 1.86 bits per heavy atom. The van der Waals surface area contributed by atoms with E-state index in [9.17, 15) is 8.42 Å². The van der Waals surface area contributed by atoms with Crippen molar-refractivity contribution < 1.29 is 22.6 Å². The smallest absolute Gasteiger partial charge is 0.244 e. The van der Waals surface area contributed by atoms with Crippen LogP contribution in [0.3, 0.4) is 0 Å². The van der Waals surface area contributed by atoms with E-state index in [2.05, 4.69) is 4.72 Å². The predicted octanol–water partition coefficient (Wildman–Crippen LogP) is 1.31. The van der Waals surface area contributed by atoms with Crippen molar-refractivity contribution in [3.05, 3.63) is 24.3 Å². The number of hydrogen-bond donors (Lipinski definition) is 1. The van der Waals surface area contributed by atoms with E-state index in [1.54, 1.807) is 24.3 Å². The minimum atomic E-state index is -3.61. The van der Waals surface area contributed by atoms with E-state index in [0.717, 1.165) is 12.8 Å². The Kier molecular flexibility index (Phi) is 4.67. The fourth-order valence-corrected chi connectivity index (χ4v) is 4.55. The van der Waals surface area contributed by atoms with Crippen LogP contribution >= 0.6 is 0 Å². The van der Waals surface area contributed by atoms with Crippen LogP contribution in [-0.2, 0) is 19.5 Å². The molecule has 7 heteroatoms. The SMILES string of the molecule is COc1ccccc1S(=O)(=O)NC1CCC2OCCOC2C1. The van der Waals surface area contributed by atoms with E-state index in [1.165, 1.54) is 7.11 Å². The molecule has 3 rings (SSSR count). The van der Waals surface area contributed by atoms with E-state index in [0.29, 0.717) is 25.4 Å². The summed E-state index contributed by atoms with van der Waals surface area (Å²) in [4.78, 5) is 0.167. The maximum atomic E-state index is 12.6. The summed E-state index contributed by atoms with van der Waals surface area (Å²) in [5.41, 5.74) is 0. The second kappa shape index (κ2) is 6.54. The lowest BCUT2D eigenvalue weighted by Crippen LogP contribution is -2.49. The first-order chi connectivity index (χ1) is 10.6. The van der Waals surface area contributed by atoms with Crippen molar-refractivity contribution in [2.45, 2.75) is 42.4 Å². The summed E-state index contributed by atoms with van der Waals surface area (Å²) in [6.07, 6.45) is 2.27. The van der Waals surface area contributed by atoms with Crippen LogP contribution in [0.25, 0.3) is 0 Å². The maximum Gasteiger partial charge on any atom is 0.244 e. The first-order valence-electron chi connectivity index (χ1n) is 7.49. The van der Waals surface area contributed by atoms with E-state index in [1.807, 2.05) is 0 Å². The molecule has 1 aliphatic heterocycles. The number of fused-ring (bicyclic) bond motifs is 1. The van der Waals surface area contributed by atoms with Gasteiger partial charge in [0.05, 0.1) is 32.5 Å². The summed E-state index contributed by atoms with van der Waals surface area (Å²) in [5, 5.41) is 0. The molecule has 0 aromatic heterocycles. The Hall–Kier alpha value is -1.15. The molecule has 22 heavy (non-hydrogen) atoms. The topological polar surface area (TPSA) is 73.9 Å². The molecule has 2 aliphatic rings. The van der Waals surface area contributed by atoms with E-state index in [4.69, 9.17) is 14.2 Å². The van der Waals surface area contributed by atoms with Gasteiger partial charge in [0.25, 0.3) is 0 Å². The largest absolute Gasteiger partial charge is 0.495 e.